The molecule has 1 atom stereocenters. The zero-order chi connectivity index (χ0) is 24.8. The van der Waals surface area contributed by atoms with Crippen molar-refractivity contribution in [1.29, 1.82) is 0 Å². The lowest BCUT2D eigenvalue weighted by Crippen LogP contribution is -2.18. The largest absolute Gasteiger partial charge is 0.496 e. The Bertz CT molecular complexity index is 1320. The summed E-state index contributed by atoms with van der Waals surface area (Å²) in [5.41, 5.74) is 3.94. The minimum absolute atomic E-state index is 0.102. The van der Waals surface area contributed by atoms with Crippen molar-refractivity contribution in [3.63, 3.8) is 0 Å². The summed E-state index contributed by atoms with van der Waals surface area (Å²) in [6.45, 7) is 3.42. The van der Waals surface area contributed by atoms with Crippen molar-refractivity contribution < 1.29 is 14.6 Å². The SMILES string of the molecule is CNC(=O)c1ccc(C(C)CNc2cc(-c3cnc4c(cnn4CCCO)c3)ncn2)c(OC)c1. The first-order valence-corrected chi connectivity index (χ1v) is 11.4. The second-order valence-electron chi connectivity index (χ2n) is 8.19. The van der Waals surface area contributed by atoms with E-state index < -0.39 is 0 Å². The van der Waals surface area contributed by atoms with E-state index >= 15 is 0 Å². The Morgan fingerprint density at radius 1 is 1.17 bits per heavy atom. The maximum atomic E-state index is 11.9. The summed E-state index contributed by atoms with van der Waals surface area (Å²) in [4.78, 5) is 25.2. The van der Waals surface area contributed by atoms with Crippen molar-refractivity contribution in [3.05, 3.63) is 60.2 Å². The van der Waals surface area contributed by atoms with Crippen LogP contribution in [0.25, 0.3) is 22.3 Å². The monoisotopic (exact) mass is 475 g/mol. The lowest BCUT2D eigenvalue weighted by molar-refractivity contribution is 0.0962. The fourth-order valence-electron chi connectivity index (χ4n) is 3.88. The van der Waals surface area contributed by atoms with E-state index in [4.69, 9.17) is 9.84 Å². The Morgan fingerprint density at radius 3 is 2.80 bits per heavy atom. The van der Waals surface area contributed by atoms with E-state index in [1.54, 1.807) is 43.4 Å². The van der Waals surface area contributed by atoms with Crippen LogP contribution in [0.3, 0.4) is 0 Å². The van der Waals surface area contributed by atoms with Gasteiger partial charge >= 0.3 is 0 Å². The van der Waals surface area contributed by atoms with Gasteiger partial charge in [0.05, 0.1) is 19.0 Å². The average molecular weight is 476 g/mol. The van der Waals surface area contributed by atoms with Gasteiger partial charge in [-0.3, -0.25) is 4.79 Å². The van der Waals surface area contributed by atoms with Gasteiger partial charge in [-0.25, -0.2) is 19.6 Å². The summed E-state index contributed by atoms with van der Waals surface area (Å²) in [5, 5.41) is 20.3. The summed E-state index contributed by atoms with van der Waals surface area (Å²) in [6.07, 6.45) is 5.70. The molecule has 0 spiro atoms. The number of amides is 1. The fraction of sp³-hybridized carbons (Fsp3) is 0.320. The molecular weight excluding hydrogens is 446 g/mol. The highest BCUT2D eigenvalue weighted by Gasteiger charge is 2.15. The molecule has 0 aliphatic heterocycles. The Balaban J connectivity index is 1.48. The molecule has 1 amide bonds. The highest BCUT2D eigenvalue weighted by Crippen LogP contribution is 2.28. The molecule has 3 N–H and O–H groups in total. The quantitative estimate of drug-likeness (QED) is 0.320. The minimum atomic E-state index is -0.153. The molecular formula is C25H29N7O3. The number of aliphatic hydroxyl groups excluding tert-OH is 1. The number of benzene rings is 1. The molecule has 0 saturated carbocycles. The Labute approximate surface area is 203 Å². The van der Waals surface area contributed by atoms with Crippen LogP contribution in [0.1, 0.15) is 35.2 Å². The van der Waals surface area contributed by atoms with E-state index in [2.05, 4.69) is 37.6 Å². The molecule has 0 bridgehead atoms. The second kappa shape index (κ2) is 10.9. The molecule has 35 heavy (non-hydrogen) atoms. The first-order chi connectivity index (χ1) is 17.0. The number of hydrogen-bond acceptors (Lipinski definition) is 8. The topological polar surface area (TPSA) is 127 Å². The maximum Gasteiger partial charge on any atom is 0.251 e. The normalized spacial score (nSPS) is 11.9. The van der Waals surface area contributed by atoms with Gasteiger partial charge < -0.3 is 20.5 Å². The van der Waals surface area contributed by atoms with Crippen molar-refractivity contribution in [2.24, 2.45) is 0 Å². The number of nitrogens with one attached hydrogen (secondary N) is 2. The predicted octanol–water partition coefficient (Wildman–Crippen LogP) is 2.85. The van der Waals surface area contributed by atoms with E-state index in [9.17, 15) is 4.79 Å². The standard InChI is InChI=1S/C25H29N7O3/c1-16(20-6-5-17(25(34)26-2)10-22(20)35-3)12-27-23-11-21(29-15-30-23)18-9-19-14-31-32(7-4-8-33)24(19)28-13-18/h5-6,9-11,13-16,33H,4,7-8,12H2,1-3H3,(H,26,34)(H,27,29,30). The van der Waals surface area contributed by atoms with Crippen LogP contribution < -0.4 is 15.4 Å². The summed E-state index contributed by atoms with van der Waals surface area (Å²) in [6, 6.07) is 9.35. The molecule has 3 heterocycles. The summed E-state index contributed by atoms with van der Waals surface area (Å²) in [7, 11) is 3.20. The number of aromatic nitrogens is 5. The second-order valence-corrected chi connectivity index (χ2v) is 8.19. The molecule has 0 aliphatic carbocycles. The van der Waals surface area contributed by atoms with Crippen LogP contribution in [0, 0.1) is 0 Å². The molecule has 0 fully saturated rings. The molecule has 0 saturated heterocycles. The van der Waals surface area contributed by atoms with Gasteiger partial charge in [0, 0.05) is 61.4 Å². The zero-order valence-electron chi connectivity index (χ0n) is 20.0. The van der Waals surface area contributed by atoms with Gasteiger partial charge in [0.15, 0.2) is 5.65 Å². The highest BCUT2D eigenvalue weighted by atomic mass is 16.5. The number of rotatable bonds is 10. The first kappa shape index (κ1) is 24.1. The fourth-order valence-corrected chi connectivity index (χ4v) is 3.88. The summed E-state index contributed by atoms with van der Waals surface area (Å²) < 4.78 is 7.32. The highest BCUT2D eigenvalue weighted by molar-refractivity contribution is 5.94. The van der Waals surface area contributed by atoms with E-state index in [-0.39, 0.29) is 18.4 Å². The molecule has 10 heteroatoms. The van der Waals surface area contributed by atoms with Crippen molar-refractivity contribution in [2.75, 3.05) is 32.6 Å². The number of carbonyl (C=O) groups is 1. The van der Waals surface area contributed by atoms with Gasteiger partial charge in [0.2, 0.25) is 0 Å². The molecule has 4 aromatic rings. The lowest BCUT2D eigenvalue weighted by Gasteiger charge is -2.17. The number of methoxy groups -OCH3 is 1. The van der Waals surface area contributed by atoms with Crippen molar-refractivity contribution in [2.45, 2.75) is 25.8 Å². The van der Waals surface area contributed by atoms with Crippen LogP contribution in [-0.4, -0.2) is 63.1 Å². The molecule has 0 radical (unpaired) electrons. The molecule has 1 aromatic carbocycles. The van der Waals surface area contributed by atoms with Gasteiger partial charge in [-0.2, -0.15) is 5.10 Å². The van der Waals surface area contributed by atoms with Crippen LogP contribution >= 0.6 is 0 Å². The van der Waals surface area contributed by atoms with Crippen LogP contribution in [0.4, 0.5) is 5.82 Å². The number of ether oxygens (including phenoxy) is 1. The predicted molar refractivity (Wildman–Crippen MR) is 134 cm³/mol. The van der Waals surface area contributed by atoms with E-state index in [1.807, 2.05) is 18.2 Å². The number of aliphatic hydroxyl groups is 1. The van der Waals surface area contributed by atoms with Gasteiger partial charge in [-0.1, -0.05) is 13.0 Å². The van der Waals surface area contributed by atoms with Crippen LogP contribution in [0.5, 0.6) is 5.75 Å². The lowest BCUT2D eigenvalue weighted by atomic mass is 9.98. The van der Waals surface area contributed by atoms with Crippen molar-refractivity contribution in [1.82, 2.24) is 30.0 Å². The average Bonchev–Trinajstić information content (AvgIpc) is 3.31. The number of aryl methyl sites for hydroxylation is 1. The Kier molecular flexibility index (Phi) is 7.51. The van der Waals surface area contributed by atoms with Crippen LogP contribution in [-0.2, 0) is 6.54 Å². The zero-order valence-corrected chi connectivity index (χ0v) is 20.0. The minimum Gasteiger partial charge on any atom is -0.496 e. The van der Waals surface area contributed by atoms with E-state index in [0.717, 1.165) is 27.9 Å². The number of nitrogens with zero attached hydrogens (tertiary/aromatic N) is 5. The van der Waals surface area contributed by atoms with Gasteiger partial charge in [0.1, 0.15) is 17.9 Å². The molecule has 3 aromatic heterocycles. The Morgan fingerprint density at radius 2 is 2.03 bits per heavy atom. The van der Waals surface area contributed by atoms with Crippen molar-refractivity contribution in [3.8, 4) is 17.0 Å². The first-order valence-electron chi connectivity index (χ1n) is 11.4. The van der Waals surface area contributed by atoms with Crippen molar-refractivity contribution >= 4 is 22.8 Å². The van der Waals surface area contributed by atoms with Gasteiger partial charge in [0.25, 0.3) is 5.91 Å². The number of pyridine rings is 1. The third-order valence-electron chi connectivity index (χ3n) is 5.81. The molecule has 4 rings (SSSR count). The summed E-state index contributed by atoms with van der Waals surface area (Å²) in [5.74, 6) is 1.31. The van der Waals surface area contributed by atoms with Crippen LogP contribution in [0.15, 0.2) is 49.1 Å². The smallest absolute Gasteiger partial charge is 0.251 e. The molecule has 182 valence electrons. The molecule has 1 unspecified atom stereocenters. The van der Waals surface area contributed by atoms with Gasteiger partial charge in [-0.15, -0.1) is 0 Å². The van der Waals surface area contributed by atoms with E-state index in [1.165, 1.54) is 6.33 Å². The summed E-state index contributed by atoms with van der Waals surface area (Å²) >= 11 is 0. The number of hydrogen-bond donors (Lipinski definition) is 3. The third-order valence-corrected chi connectivity index (χ3v) is 5.81. The maximum absolute atomic E-state index is 11.9. The molecule has 0 aliphatic rings. The molecule has 10 nitrogen and oxygen atoms in total. The number of fused-ring (bicyclic) bond motifs is 1. The van der Waals surface area contributed by atoms with E-state index in [0.29, 0.717) is 36.6 Å². The Hall–Kier alpha value is -4.05. The third kappa shape index (κ3) is 5.38. The van der Waals surface area contributed by atoms with Gasteiger partial charge in [-0.05, 0) is 30.2 Å². The van der Waals surface area contributed by atoms with Crippen LogP contribution in [0.2, 0.25) is 0 Å². The number of anilines is 1. The number of carbonyl (C=O) groups excluding carboxylic acids is 1.